The van der Waals surface area contributed by atoms with Crippen molar-refractivity contribution in [1.29, 1.82) is 0 Å². The molecule has 4 rings (SSSR count). The van der Waals surface area contributed by atoms with E-state index in [-0.39, 0.29) is 11.8 Å². The second kappa shape index (κ2) is 12.0. The summed E-state index contributed by atoms with van der Waals surface area (Å²) in [4.78, 5) is 22.9. The lowest BCUT2D eigenvalue weighted by atomic mass is 9.71. The number of nitrogens with zero attached hydrogens (tertiary/aromatic N) is 3. The SMILES string of the molecule is COc1ccc2ncc(Cl)c([C@H](O)CCC3(CC(=O)O)CCN(CCCc4ccccn4)CC3)c2c1. The molecular formula is C28H34ClN3O4. The quantitative estimate of drug-likeness (QED) is 0.361. The molecule has 0 spiro atoms. The van der Waals surface area contributed by atoms with Crippen molar-refractivity contribution in [2.45, 2.75) is 51.0 Å². The zero-order valence-electron chi connectivity index (χ0n) is 20.7. The zero-order valence-corrected chi connectivity index (χ0v) is 21.5. The minimum Gasteiger partial charge on any atom is -0.497 e. The van der Waals surface area contributed by atoms with Gasteiger partial charge in [0, 0.05) is 29.0 Å². The number of halogens is 1. The first kappa shape index (κ1) is 26.3. The van der Waals surface area contributed by atoms with Gasteiger partial charge in [0.1, 0.15) is 5.75 Å². The van der Waals surface area contributed by atoms with Crippen molar-refractivity contribution in [2.24, 2.45) is 5.41 Å². The summed E-state index contributed by atoms with van der Waals surface area (Å²) in [5, 5.41) is 22.0. The van der Waals surface area contributed by atoms with Crippen LogP contribution in [-0.2, 0) is 11.2 Å². The monoisotopic (exact) mass is 511 g/mol. The number of methoxy groups -OCH3 is 1. The standard InChI is InChI=1S/C28H34ClN3O4/c1-36-21-7-8-24-22(17-21)27(23(29)19-31-24)25(33)9-10-28(18-26(34)35)11-15-32(16-12-28)14-4-6-20-5-2-3-13-30-20/h2-3,5,7-8,13,17,19,25,33H,4,6,9-12,14-16,18H2,1H3,(H,34,35)/t25-/m1/s1. The molecule has 1 aliphatic rings. The molecule has 1 atom stereocenters. The molecule has 192 valence electrons. The van der Waals surface area contributed by atoms with Crippen molar-refractivity contribution in [2.75, 3.05) is 26.7 Å². The molecule has 1 fully saturated rings. The van der Waals surface area contributed by atoms with Crippen LogP contribution >= 0.6 is 11.6 Å². The number of hydrogen-bond donors (Lipinski definition) is 2. The highest BCUT2D eigenvalue weighted by atomic mass is 35.5. The van der Waals surface area contributed by atoms with Crippen LogP contribution in [0.3, 0.4) is 0 Å². The maximum Gasteiger partial charge on any atom is 0.303 e. The van der Waals surface area contributed by atoms with E-state index in [0.717, 1.165) is 61.9 Å². The lowest BCUT2D eigenvalue weighted by Gasteiger charge is -2.41. The van der Waals surface area contributed by atoms with Crippen LogP contribution in [0.4, 0.5) is 0 Å². The average Bonchev–Trinajstić information content (AvgIpc) is 2.88. The smallest absolute Gasteiger partial charge is 0.303 e. The summed E-state index contributed by atoms with van der Waals surface area (Å²) < 4.78 is 5.35. The first-order chi connectivity index (χ1) is 17.4. The van der Waals surface area contributed by atoms with Crippen molar-refractivity contribution in [1.82, 2.24) is 14.9 Å². The van der Waals surface area contributed by atoms with E-state index >= 15 is 0 Å². The molecule has 0 radical (unpaired) electrons. The topological polar surface area (TPSA) is 95.8 Å². The molecule has 8 heteroatoms. The number of aliphatic hydroxyl groups is 1. The number of aryl methyl sites for hydroxylation is 1. The van der Waals surface area contributed by atoms with Gasteiger partial charge in [-0.15, -0.1) is 0 Å². The maximum absolute atomic E-state index is 11.8. The molecule has 0 bridgehead atoms. The number of hydrogen-bond acceptors (Lipinski definition) is 6. The van der Waals surface area contributed by atoms with Gasteiger partial charge in [-0.05, 0) is 93.9 Å². The molecule has 1 saturated heterocycles. The number of benzene rings is 1. The van der Waals surface area contributed by atoms with Gasteiger partial charge in [-0.25, -0.2) is 0 Å². The molecular weight excluding hydrogens is 478 g/mol. The third kappa shape index (κ3) is 6.52. The van der Waals surface area contributed by atoms with E-state index in [1.807, 2.05) is 42.6 Å². The molecule has 36 heavy (non-hydrogen) atoms. The number of ether oxygens (including phenoxy) is 1. The second-order valence-electron chi connectivity index (χ2n) is 9.79. The Balaban J connectivity index is 1.39. The number of aliphatic hydroxyl groups excluding tert-OH is 1. The average molecular weight is 512 g/mol. The molecule has 2 aromatic heterocycles. The van der Waals surface area contributed by atoms with Crippen LogP contribution in [0, 0.1) is 5.41 Å². The number of aliphatic carboxylic acids is 1. The maximum atomic E-state index is 11.8. The minimum atomic E-state index is -0.822. The summed E-state index contributed by atoms with van der Waals surface area (Å²) >= 11 is 6.48. The molecule has 0 saturated carbocycles. The van der Waals surface area contributed by atoms with Crippen LogP contribution in [0.25, 0.3) is 10.9 Å². The Bertz CT molecular complexity index is 1170. The van der Waals surface area contributed by atoms with E-state index < -0.39 is 12.1 Å². The highest BCUT2D eigenvalue weighted by molar-refractivity contribution is 6.32. The van der Waals surface area contributed by atoms with E-state index in [2.05, 4.69) is 14.9 Å². The highest BCUT2D eigenvalue weighted by Gasteiger charge is 2.37. The summed E-state index contributed by atoms with van der Waals surface area (Å²) in [6.45, 7) is 2.70. The number of aromatic nitrogens is 2. The van der Waals surface area contributed by atoms with Gasteiger partial charge in [-0.3, -0.25) is 14.8 Å². The first-order valence-electron chi connectivity index (χ1n) is 12.5. The summed E-state index contributed by atoms with van der Waals surface area (Å²) in [7, 11) is 1.59. The van der Waals surface area contributed by atoms with Crippen LogP contribution in [0.5, 0.6) is 5.75 Å². The normalized spacial score (nSPS) is 16.6. The van der Waals surface area contributed by atoms with Crippen LogP contribution in [0.15, 0.2) is 48.8 Å². The molecule has 3 heterocycles. The Hall–Kier alpha value is -2.74. The van der Waals surface area contributed by atoms with Gasteiger partial charge in [0.05, 0.1) is 30.2 Å². The number of carboxylic acid groups (broad SMARTS) is 1. The lowest BCUT2D eigenvalue weighted by Crippen LogP contribution is -2.41. The highest BCUT2D eigenvalue weighted by Crippen LogP contribution is 2.43. The van der Waals surface area contributed by atoms with Gasteiger partial charge in [0.15, 0.2) is 0 Å². The first-order valence-corrected chi connectivity index (χ1v) is 12.9. The van der Waals surface area contributed by atoms with E-state index in [1.54, 1.807) is 13.3 Å². The summed E-state index contributed by atoms with van der Waals surface area (Å²) in [6, 6.07) is 11.5. The third-order valence-electron chi connectivity index (χ3n) is 7.43. The Morgan fingerprint density at radius 3 is 2.72 bits per heavy atom. The van der Waals surface area contributed by atoms with Crippen LogP contribution in [0.2, 0.25) is 5.02 Å². The Morgan fingerprint density at radius 2 is 2.03 bits per heavy atom. The minimum absolute atomic E-state index is 0.111. The van der Waals surface area contributed by atoms with E-state index in [9.17, 15) is 15.0 Å². The van der Waals surface area contributed by atoms with Crippen LogP contribution in [0.1, 0.15) is 55.9 Å². The Labute approximate surface area is 217 Å². The van der Waals surface area contributed by atoms with Gasteiger partial charge < -0.3 is 19.8 Å². The van der Waals surface area contributed by atoms with Crippen molar-refractivity contribution in [3.8, 4) is 5.75 Å². The van der Waals surface area contributed by atoms with E-state index in [4.69, 9.17) is 16.3 Å². The fraction of sp³-hybridized carbons (Fsp3) is 0.464. The lowest BCUT2D eigenvalue weighted by molar-refractivity contribution is -0.141. The van der Waals surface area contributed by atoms with Gasteiger partial charge >= 0.3 is 5.97 Å². The molecule has 0 amide bonds. The number of carbonyl (C=O) groups is 1. The molecule has 2 N–H and O–H groups in total. The number of pyridine rings is 2. The summed E-state index contributed by atoms with van der Waals surface area (Å²) in [6.07, 6.45) is 7.29. The number of piperidine rings is 1. The number of rotatable bonds is 11. The summed E-state index contributed by atoms with van der Waals surface area (Å²) in [5.74, 6) is -0.122. The van der Waals surface area contributed by atoms with E-state index in [1.165, 1.54) is 0 Å². The molecule has 7 nitrogen and oxygen atoms in total. The third-order valence-corrected chi connectivity index (χ3v) is 7.73. The fourth-order valence-corrected chi connectivity index (χ4v) is 5.61. The molecule has 0 unspecified atom stereocenters. The van der Waals surface area contributed by atoms with Crippen molar-refractivity contribution < 1.29 is 19.7 Å². The molecule has 3 aromatic rings. The largest absolute Gasteiger partial charge is 0.497 e. The van der Waals surface area contributed by atoms with Gasteiger partial charge in [-0.2, -0.15) is 0 Å². The predicted molar refractivity (Wildman–Crippen MR) is 140 cm³/mol. The predicted octanol–water partition coefficient (Wildman–Crippen LogP) is 5.30. The zero-order chi connectivity index (χ0) is 25.5. The van der Waals surface area contributed by atoms with Crippen LogP contribution in [-0.4, -0.2) is 57.8 Å². The Kier molecular flexibility index (Phi) is 8.77. The van der Waals surface area contributed by atoms with Crippen molar-refractivity contribution in [3.05, 3.63) is 65.1 Å². The molecule has 0 aliphatic carbocycles. The van der Waals surface area contributed by atoms with Gasteiger partial charge in [0.2, 0.25) is 0 Å². The summed E-state index contributed by atoms with van der Waals surface area (Å²) in [5.41, 5.74) is 2.12. The van der Waals surface area contributed by atoms with Gasteiger partial charge in [0.25, 0.3) is 0 Å². The molecule has 1 aliphatic heterocycles. The fourth-order valence-electron chi connectivity index (χ4n) is 5.34. The van der Waals surface area contributed by atoms with Crippen molar-refractivity contribution >= 4 is 28.5 Å². The molecule has 1 aromatic carbocycles. The number of likely N-dealkylation sites (tertiary alicyclic amines) is 1. The van der Waals surface area contributed by atoms with Gasteiger partial charge in [-0.1, -0.05) is 17.7 Å². The second-order valence-corrected chi connectivity index (χ2v) is 10.2. The Morgan fingerprint density at radius 1 is 1.22 bits per heavy atom. The van der Waals surface area contributed by atoms with Crippen LogP contribution < -0.4 is 4.74 Å². The van der Waals surface area contributed by atoms with E-state index in [0.29, 0.717) is 29.2 Å². The number of fused-ring (bicyclic) bond motifs is 1. The van der Waals surface area contributed by atoms with Crippen molar-refractivity contribution in [3.63, 3.8) is 0 Å². The number of carboxylic acids is 1.